The van der Waals surface area contributed by atoms with E-state index in [-0.39, 0.29) is 4.21 Å². The van der Waals surface area contributed by atoms with E-state index >= 15 is 0 Å². The molecule has 1 aliphatic carbocycles. The second kappa shape index (κ2) is 7.09. The predicted molar refractivity (Wildman–Crippen MR) is 106 cm³/mol. The van der Waals surface area contributed by atoms with Gasteiger partial charge in [0.25, 0.3) is 10.0 Å². The minimum absolute atomic E-state index is 0.227. The molecular formula is C19H21N3O3S2. The van der Waals surface area contributed by atoms with Crippen LogP contribution in [0.3, 0.4) is 0 Å². The molecule has 0 spiro atoms. The highest BCUT2D eigenvalue weighted by atomic mass is 32.2. The number of benzene rings is 1. The number of hydrogen-bond donors (Lipinski definition) is 1. The fraction of sp³-hybridized carbons (Fsp3) is 0.368. The standard InChI is InChI=1S/C19H21N3O3S2/c1-12-7-8-13(2)16(9-12)22-27(23,24)17-10-15(11-26-17)18-20-19(25-21-18)14-5-3-4-6-14/h7-11,14,22H,3-6H2,1-2H3. The molecule has 142 valence electrons. The van der Waals surface area contributed by atoms with E-state index < -0.39 is 10.0 Å². The van der Waals surface area contributed by atoms with Crippen molar-refractivity contribution in [2.24, 2.45) is 0 Å². The summed E-state index contributed by atoms with van der Waals surface area (Å²) in [5.74, 6) is 1.44. The Morgan fingerprint density at radius 2 is 1.96 bits per heavy atom. The molecule has 0 unspecified atom stereocenters. The third-order valence-corrected chi connectivity index (χ3v) is 7.69. The van der Waals surface area contributed by atoms with Crippen molar-refractivity contribution in [1.29, 1.82) is 0 Å². The van der Waals surface area contributed by atoms with E-state index in [1.165, 1.54) is 12.8 Å². The van der Waals surface area contributed by atoms with Gasteiger partial charge in [0.05, 0.1) is 5.69 Å². The highest BCUT2D eigenvalue weighted by Crippen LogP contribution is 2.35. The molecule has 2 heterocycles. The van der Waals surface area contributed by atoms with Gasteiger partial charge in [0.1, 0.15) is 4.21 Å². The number of nitrogens with one attached hydrogen (secondary N) is 1. The van der Waals surface area contributed by atoms with Gasteiger partial charge < -0.3 is 4.52 Å². The molecule has 0 aliphatic heterocycles. The summed E-state index contributed by atoms with van der Waals surface area (Å²) in [5.41, 5.74) is 3.12. The maximum absolute atomic E-state index is 12.8. The van der Waals surface area contributed by atoms with Crippen molar-refractivity contribution in [3.05, 3.63) is 46.7 Å². The van der Waals surface area contributed by atoms with Crippen LogP contribution in [-0.2, 0) is 10.0 Å². The van der Waals surface area contributed by atoms with Gasteiger partial charge in [-0.25, -0.2) is 8.42 Å². The van der Waals surface area contributed by atoms with Gasteiger partial charge >= 0.3 is 0 Å². The van der Waals surface area contributed by atoms with Gasteiger partial charge in [-0.1, -0.05) is 30.1 Å². The Balaban J connectivity index is 1.57. The molecule has 0 amide bonds. The van der Waals surface area contributed by atoms with Crippen LogP contribution >= 0.6 is 11.3 Å². The van der Waals surface area contributed by atoms with Crippen LogP contribution < -0.4 is 4.72 Å². The zero-order valence-electron chi connectivity index (χ0n) is 15.2. The lowest BCUT2D eigenvalue weighted by atomic mass is 10.1. The monoisotopic (exact) mass is 403 g/mol. The zero-order valence-corrected chi connectivity index (χ0v) is 16.9. The Bertz CT molecular complexity index is 1060. The van der Waals surface area contributed by atoms with Crippen LogP contribution in [-0.4, -0.2) is 18.6 Å². The van der Waals surface area contributed by atoms with Crippen LogP contribution in [0.15, 0.2) is 38.4 Å². The van der Waals surface area contributed by atoms with Crippen molar-refractivity contribution in [2.75, 3.05) is 4.72 Å². The molecule has 0 radical (unpaired) electrons. The molecule has 4 rings (SSSR count). The summed E-state index contributed by atoms with van der Waals surface area (Å²) in [5, 5.41) is 5.79. The number of aryl methyl sites for hydroxylation is 2. The van der Waals surface area contributed by atoms with E-state index in [2.05, 4.69) is 14.9 Å². The van der Waals surface area contributed by atoms with E-state index in [0.717, 1.165) is 35.3 Å². The Hall–Kier alpha value is -2.19. The normalized spacial score (nSPS) is 15.3. The maximum atomic E-state index is 12.8. The Morgan fingerprint density at radius 3 is 2.74 bits per heavy atom. The average Bonchev–Trinajstić information content (AvgIpc) is 3.38. The summed E-state index contributed by atoms with van der Waals surface area (Å²) in [6, 6.07) is 7.28. The van der Waals surface area contributed by atoms with E-state index in [9.17, 15) is 8.42 Å². The van der Waals surface area contributed by atoms with Crippen molar-refractivity contribution in [1.82, 2.24) is 10.1 Å². The van der Waals surface area contributed by atoms with Gasteiger partial charge in [0.2, 0.25) is 11.7 Å². The third kappa shape index (κ3) is 3.77. The summed E-state index contributed by atoms with van der Waals surface area (Å²) in [7, 11) is -3.67. The topological polar surface area (TPSA) is 85.1 Å². The van der Waals surface area contributed by atoms with Gasteiger partial charge in [-0.05, 0) is 49.9 Å². The van der Waals surface area contributed by atoms with Crippen molar-refractivity contribution in [3.8, 4) is 11.4 Å². The molecule has 3 aromatic rings. The Kier molecular flexibility index (Phi) is 4.77. The van der Waals surface area contributed by atoms with Gasteiger partial charge in [0.15, 0.2) is 0 Å². The first-order chi connectivity index (χ1) is 12.9. The summed E-state index contributed by atoms with van der Waals surface area (Å²) in [6.07, 6.45) is 4.52. The first-order valence-electron chi connectivity index (χ1n) is 8.95. The van der Waals surface area contributed by atoms with Crippen molar-refractivity contribution in [2.45, 2.75) is 49.7 Å². The minimum Gasteiger partial charge on any atom is -0.339 e. The van der Waals surface area contributed by atoms with E-state index in [1.807, 2.05) is 32.0 Å². The number of rotatable bonds is 5. The highest BCUT2D eigenvalue weighted by Gasteiger charge is 2.24. The number of aromatic nitrogens is 2. The van der Waals surface area contributed by atoms with Gasteiger partial charge in [-0.3, -0.25) is 4.72 Å². The number of anilines is 1. The average molecular weight is 404 g/mol. The van der Waals surface area contributed by atoms with Crippen LogP contribution in [0, 0.1) is 13.8 Å². The Labute approximate surface area is 162 Å². The van der Waals surface area contributed by atoms with Crippen molar-refractivity contribution >= 4 is 27.0 Å². The van der Waals surface area contributed by atoms with Gasteiger partial charge in [-0.15, -0.1) is 11.3 Å². The van der Waals surface area contributed by atoms with Crippen LogP contribution in [0.5, 0.6) is 0 Å². The predicted octanol–water partition coefficient (Wildman–Crippen LogP) is 4.87. The van der Waals surface area contributed by atoms with E-state index in [4.69, 9.17) is 4.52 Å². The molecule has 8 heteroatoms. The molecule has 2 aromatic heterocycles. The van der Waals surface area contributed by atoms with Crippen molar-refractivity contribution < 1.29 is 12.9 Å². The highest BCUT2D eigenvalue weighted by molar-refractivity contribution is 7.94. The number of thiophene rings is 1. The molecule has 27 heavy (non-hydrogen) atoms. The number of sulfonamides is 1. The second-order valence-corrected chi connectivity index (χ2v) is 9.84. The quantitative estimate of drug-likeness (QED) is 0.657. The number of nitrogens with zero attached hydrogens (tertiary/aromatic N) is 2. The maximum Gasteiger partial charge on any atom is 0.271 e. The fourth-order valence-corrected chi connectivity index (χ4v) is 5.59. The molecule has 0 saturated heterocycles. The van der Waals surface area contributed by atoms with Crippen LogP contribution in [0.4, 0.5) is 5.69 Å². The lowest BCUT2D eigenvalue weighted by Crippen LogP contribution is -2.12. The molecule has 1 aromatic carbocycles. The zero-order chi connectivity index (χ0) is 19.0. The first-order valence-corrected chi connectivity index (χ1v) is 11.3. The van der Waals surface area contributed by atoms with E-state index in [0.29, 0.717) is 28.9 Å². The van der Waals surface area contributed by atoms with Crippen LogP contribution in [0.1, 0.15) is 48.6 Å². The molecular weight excluding hydrogens is 382 g/mol. The molecule has 1 aliphatic rings. The lowest BCUT2D eigenvalue weighted by Gasteiger charge is -2.10. The second-order valence-electron chi connectivity index (χ2n) is 7.02. The lowest BCUT2D eigenvalue weighted by molar-refractivity contribution is 0.354. The number of hydrogen-bond acceptors (Lipinski definition) is 6. The van der Waals surface area contributed by atoms with Crippen LogP contribution in [0.2, 0.25) is 0 Å². The van der Waals surface area contributed by atoms with Gasteiger partial charge in [0, 0.05) is 16.9 Å². The summed E-state index contributed by atoms with van der Waals surface area (Å²) < 4.78 is 33.8. The SMILES string of the molecule is Cc1ccc(C)c(NS(=O)(=O)c2cc(-c3noc(C4CCCC4)n3)cs2)c1. The molecule has 0 bridgehead atoms. The summed E-state index contributed by atoms with van der Waals surface area (Å²) in [6.45, 7) is 3.81. The Morgan fingerprint density at radius 1 is 1.19 bits per heavy atom. The van der Waals surface area contributed by atoms with E-state index in [1.54, 1.807) is 11.4 Å². The van der Waals surface area contributed by atoms with Gasteiger partial charge in [-0.2, -0.15) is 4.98 Å². The minimum atomic E-state index is -3.67. The summed E-state index contributed by atoms with van der Waals surface area (Å²) >= 11 is 1.15. The molecule has 1 fully saturated rings. The van der Waals surface area contributed by atoms with Crippen molar-refractivity contribution in [3.63, 3.8) is 0 Å². The largest absolute Gasteiger partial charge is 0.339 e. The molecule has 1 saturated carbocycles. The first kappa shape index (κ1) is 18.2. The van der Waals surface area contributed by atoms with Crippen LogP contribution in [0.25, 0.3) is 11.4 Å². The molecule has 6 nitrogen and oxygen atoms in total. The fourth-order valence-electron chi connectivity index (χ4n) is 3.31. The molecule has 0 atom stereocenters. The smallest absolute Gasteiger partial charge is 0.271 e. The molecule has 1 N–H and O–H groups in total. The summed E-state index contributed by atoms with van der Waals surface area (Å²) in [4.78, 5) is 4.48. The third-order valence-electron chi connectivity index (χ3n) is 4.88.